The van der Waals surface area contributed by atoms with E-state index in [1.54, 1.807) is 24.3 Å². The highest BCUT2D eigenvalue weighted by Gasteiger charge is 2.24. The van der Waals surface area contributed by atoms with E-state index >= 15 is 0 Å². The van der Waals surface area contributed by atoms with Crippen molar-refractivity contribution >= 4 is 82.3 Å². The lowest BCUT2D eigenvalue weighted by atomic mass is 10.2. The van der Waals surface area contributed by atoms with Crippen LogP contribution in [0.2, 0.25) is 0 Å². The molecule has 0 aromatic heterocycles. The third kappa shape index (κ3) is 4.55. The van der Waals surface area contributed by atoms with Gasteiger partial charge in [0, 0.05) is 14.5 Å². The van der Waals surface area contributed by atoms with Crippen LogP contribution in [-0.2, 0) is 14.9 Å². The van der Waals surface area contributed by atoms with E-state index in [9.17, 15) is 13.2 Å². The fraction of sp³-hybridized carbons (Fsp3) is 0. The van der Waals surface area contributed by atoms with Crippen molar-refractivity contribution in [2.45, 2.75) is 4.90 Å². The topological polar surface area (TPSA) is 72.5 Å². The molecule has 1 aliphatic heterocycles. The predicted octanol–water partition coefficient (Wildman–Crippen LogP) is 4.47. The lowest BCUT2D eigenvalue weighted by Crippen LogP contribution is -2.17. The molecule has 1 N–H and O–H groups in total. The van der Waals surface area contributed by atoms with Crippen LogP contribution in [0.15, 0.2) is 61.2 Å². The fourth-order valence-electron chi connectivity index (χ4n) is 2.04. The molecule has 1 aliphatic rings. The van der Waals surface area contributed by atoms with E-state index in [1.807, 2.05) is 0 Å². The monoisotopic (exact) mass is 533 g/mol. The van der Waals surface area contributed by atoms with E-state index < -0.39 is 10.1 Å². The maximum absolute atomic E-state index is 12.5. The molecule has 0 bridgehead atoms. The van der Waals surface area contributed by atoms with Gasteiger partial charge < -0.3 is 9.50 Å². The standard InChI is InChI=1S/C16H9Br2NO4S3/c17-10-1-4-12(5-2-10)26(21,22)23-13-6-3-11(18)7-9(13)8-14-15(20)19-16(24)25-14/h1-8H,(H,19,20,24)/b14-8+. The first kappa shape index (κ1) is 19.6. The van der Waals surface area contributed by atoms with Gasteiger partial charge in [-0.1, -0.05) is 55.8 Å². The Morgan fingerprint density at radius 2 is 1.73 bits per heavy atom. The zero-order chi connectivity index (χ0) is 18.9. The Bertz CT molecular complexity index is 1030. The van der Waals surface area contributed by atoms with Crippen molar-refractivity contribution in [2.75, 3.05) is 0 Å². The first-order chi connectivity index (χ1) is 12.2. The van der Waals surface area contributed by atoms with Crippen molar-refractivity contribution in [1.29, 1.82) is 0 Å². The molecule has 0 atom stereocenters. The van der Waals surface area contributed by atoms with Crippen LogP contribution in [0.1, 0.15) is 5.56 Å². The summed E-state index contributed by atoms with van der Waals surface area (Å²) in [5, 5.41) is 2.51. The molecule has 2 aromatic rings. The summed E-state index contributed by atoms with van der Waals surface area (Å²) in [6.07, 6.45) is 1.54. The summed E-state index contributed by atoms with van der Waals surface area (Å²) in [5.74, 6) is -0.225. The number of nitrogens with one attached hydrogen (secondary N) is 1. The lowest BCUT2D eigenvalue weighted by molar-refractivity contribution is -0.115. The minimum absolute atomic E-state index is 0.0244. The highest BCUT2D eigenvalue weighted by Crippen LogP contribution is 2.32. The molecular weight excluding hydrogens is 526 g/mol. The molecule has 0 aliphatic carbocycles. The molecule has 1 amide bonds. The Kier molecular flexibility index (Phi) is 5.88. The van der Waals surface area contributed by atoms with E-state index in [1.165, 1.54) is 24.3 Å². The van der Waals surface area contributed by atoms with Crippen molar-refractivity contribution in [3.8, 4) is 5.75 Å². The molecule has 5 nitrogen and oxygen atoms in total. The van der Waals surface area contributed by atoms with Crippen LogP contribution in [0.25, 0.3) is 6.08 Å². The number of hydrogen-bond acceptors (Lipinski definition) is 6. The van der Waals surface area contributed by atoms with Gasteiger partial charge in [-0.25, -0.2) is 0 Å². The summed E-state index contributed by atoms with van der Waals surface area (Å²) < 4.78 is 32.2. The Hall–Kier alpha value is -1.20. The molecule has 10 heteroatoms. The summed E-state index contributed by atoms with van der Waals surface area (Å²) in [4.78, 5) is 12.2. The molecule has 0 spiro atoms. The maximum Gasteiger partial charge on any atom is 0.339 e. The van der Waals surface area contributed by atoms with Gasteiger partial charge in [-0.3, -0.25) is 4.79 Å². The summed E-state index contributed by atoms with van der Waals surface area (Å²) in [5.41, 5.74) is 0.433. The normalized spacial score (nSPS) is 16.0. The van der Waals surface area contributed by atoms with Crippen LogP contribution < -0.4 is 9.50 Å². The number of halogens is 2. The van der Waals surface area contributed by atoms with Crippen molar-refractivity contribution in [1.82, 2.24) is 5.32 Å². The van der Waals surface area contributed by atoms with E-state index in [0.717, 1.165) is 16.2 Å². The van der Waals surface area contributed by atoms with Gasteiger partial charge >= 0.3 is 10.1 Å². The van der Waals surface area contributed by atoms with Gasteiger partial charge in [0.05, 0.1) is 4.91 Å². The van der Waals surface area contributed by atoms with E-state index in [2.05, 4.69) is 37.2 Å². The average molecular weight is 535 g/mol. The van der Waals surface area contributed by atoms with Gasteiger partial charge in [0.2, 0.25) is 0 Å². The number of carbonyl (C=O) groups is 1. The Labute approximate surface area is 176 Å². The van der Waals surface area contributed by atoms with Crippen molar-refractivity contribution in [3.63, 3.8) is 0 Å². The van der Waals surface area contributed by atoms with E-state index in [4.69, 9.17) is 16.4 Å². The molecule has 2 aromatic carbocycles. The van der Waals surface area contributed by atoms with Crippen LogP contribution >= 0.6 is 55.8 Å². The Morgan fingerprint density at radius 1 is 1.08 bits per heavy atom. The predicted molar refractivity (Wildman–Crippen MR) is 112 cm³/mol. The first-order valence-electron chi connectivity index (χ1n) is 6.99. The molecule has 26 heavy (non-hydrogen) atoms. The molecule has 0 saturated carbocycles. The van der Waals surface area contributed by atoms with Gasteiger partial charge in [-0.15, -0.1) is 0 Å². The fourth-order valence-corrected chi connectivity index (χ4v) is 4.67. The van der Waals surface area contributed by atoms with Crippen molar-refractivity contribution in [3.05, 3.63) is 61.9 Å². The van der Waals surface area contributed by atoms with Gasteiger partial charge in [0.1, 0.15) is 15.0 Å². The van der Waals surface area contributed by atoms with Crippen molar-refractivity contribution < 1.29 is 17.4 Å². The minimum atomic E-state index is -4.02. The van der Waals surface area contributed by atoms with Crippen molar-refractivity contribution in [2.24, 2.45) is 0 Å². The minimum Gasteiger partial charge on any atom is -0.378 e. The van der Waals surface area contributed by atoms with Gasteiger partial charge in [0.25, 0.3) is 5.91 Å². The molecular formula is C16H9Br2NO4S3. The van der Waals surface area contributed by atoms with E-state index in [0.29, 0.717) is 19.3 Å². The van der Waals surface area contributed by atoms with Crippen LogP contribution in [-0.4, -0.2) is 18.6 Å². The number of thiocarbonyl (C=S) groups is 1. The van der Waals surface area contributed by atoms with Gasteiger partial charge in [-0.05, 0) is 48.5 Å². The second-order valence-electron chi connectivity index (χ2n) is 5.03. The second-order valence-corrected chi connectivity index (χ2v) is 10.1. The summed E-state index contributed by atoms with van der Waals surface area (Å²) in [7, 11) is -4.02. The third-order valence-electron chi connectivity index (χ3n) is 3.20. The lowest BCUT2D eigenvalue weighted by Gasteiger charge is -2.10. The van der Waals surface area contributed by atoms with Crippen LogP contribution in [0, 0.1) is 0 Å². The Morgan fingerprint density at radius 3 is 2.35 bits per heavy atom. The number of benzene rings is 2. The SMILES string of the molecule is O=C1NC(=S)S/C1=C/c1cc(Br)ccc1OS(=O)(=O)c1ccc(Br)cc1. The highest BCUT2D eigenvalue weighted by molar-refractivity contribution is 9.10. The number of amides is 1. The number of thioether (sulfide) groups is 1. The summed E-state index contributed by atoms with van der Waals surface area (Å²) in [6, 6.07) is 10.9. The Balaban J connectivity index is 1.98. The summed E-state index contributed by atoms with van der Waals surface area (Å²) >= 11 is 12.7. The molecule has 1 fully saturated rings. The average Bonchev–Trinajstić information content (AvgIpc) is 2.88. The maximum atomic E-state index is 12.5. The second kappa shape index (κ2) is 7.81. The molecule has 1 saturated heterocycles. The van der Waals surface area contributed by atoms with E-state index in [-0.39, 0.29) is 16.6 Å². The summed E-state index contributed by atoms with van der Waals surface area (Å²) in [6.45, 7) is 0. The number of hydrogen-bond donors (Lipinski definition) is 1. The molecule has 1 heterocycles. The van der Waals surface area contributed by atoms with Gasteiger partial charge in [-0.2, -0.15) is 8.42 Å². The van der Waals surface area contributed by atoms with Crippen LogP contribution in [0.5, 0.6) is 5.75 Å². The number of carbonyl (C=O) groups excluding carboxylic acids is 1. The quantitative estimate of drug-likeness (QED) is 0.354. The molecule has 0 unspecified atom stereocenters. The zero-order valence-electron chi connectivity index (χ0n) is 12.7. The molecule has 3 rings (SSSR count). The molecule has 134 valence electrons. The zero-order valence-corrected chi connectivity index (χ0v) is 18.4. The third-order valence-corrected chi connectivity index (χ3v) is 6.64. The van der Waals surface area contributed by atoms with Crippen LogP contribution in [0.4, 0.5) is 0 Å². The highest BCUT2D eigenvalue weighted by atomic mass is 79.9. The largest absolute Gasteiger partial charge is 0.378 e. The van der Waals surface area contributed by atoms with Crippen LogP contribution in [0.3, 0.4) is 0 Å². The van der Waals surface area contributed by atoms with Gasteiger partial charge in [0.15, 0.2) is 0 Å². The molecule has 0 radical (unpaired) electrons. The smallest absolute Gasteiger partial charge is 0.339 e. The number of rotatable bonds is 4. The first-order valence-corrected chi connectivity index (χ1v) is 11.2.